The van der Waals surface area contributed by atoms with Crippen LogP contribution in [0.2, 0.25) is 0 Å². The van der Waals surface area contributed by atoms with E-state index in [2.05, 4.69) is 15.6 Å². The second-order valence-electron chi connectivity index (χ2n) is 7.20. The number of rotatable bonds is 4. The molecule has 1 amide bonds. The smallest absolute Gasteiger partial charge is 0.364 e. The van der Waals surface area contributed by atoms with Gasteiger partial charge in [-0.2, -0.15) is 31.4 Å². The van der Waals surface area contributed by atoms with Crippen molar-refractivity contribution in [3.63, 3.8) is 0 Å². The van der Waals surface area contributed by atoms with Gasteiger partial charge in [0.25, 0.3) is 5.91 Å². The Bertz CT molecular complexity index is 1320. The average molecular weight is 468 g/mol. The lowest BCUT2D eigenvalue weighted by Crippen LogP contribution is -2.13. The first kappa shape index (κ1) is 22.4. The molecule has 0 unspecified atom stereocenters. The zero-order chi connectivity index (χ0) is 24.0. The number of alkyl halides is 6. The summed E-state index contributed by atoms with van der Waals surface area (Å²) >= 11 is 0. The van der Waals surface area contributed by atoms with Crippen molar-refractivity contribution < 1.29 is 35.7 Å². The summed E-state index contributed by atoms with van der Waals surface area (Å²) < 4.78 is 84.1. The van der Waals surface area contributed by atoms with Crippen molar-refractivity contribution in [2.45, 2.75) is 25.8 Å². The lowest BCUT2D eigenvalue weighted by molar-refractivity contribution is -0.138. The number of carbonyl (C=O) groups is 1. The van der Waals surface area contributed by atoms with Crippen LogP contribution in [0.1, 0.15) is 32.7 Å². The number of amides is 1. The SMILES string of the molecule is Cc1nocc1C(=O)Nc1nn(Cc2ccc(C(F)(F)F)cc2)c2cc(C(F)(F)F)ccc12. The largest absolute Gasteiger partial charge is 0.416 e. The van der Waals surface area contributed by atoms with Crippen LogP contribution in [-0.4, -0.2) is 20.8 Å². The van der Waals surface area contributed by atoms with Gasteiger partial charge in [0, 0.05) is 5.39 Å². The molecule has 0 aliphatic carbocycles. The van der Waals surface area contributed by atoms with Crippen LogP contribution in [0.25, 0.3) is 10.9 Å². The van der Waals surface area contributed by atoms with Crippen molar-refractivity contribution in [3.05, 3.63) is 76.7 Å². The first-order valence-corrected chi connectivity index (χ1v) is 9.39. The van der Waals surface area contributed by atoms with Gasteiger partial charge >= 0.3 is 12.4 Å². The van der Waals surface area contributed by atoms with Crippen molar-refractivity contribution in [3.8, 4) is 0 Å². The zero-order valence-corrected chi connectivity index (χ0v) is 16.8. The molecule has 33 heavy (non-hydrogen) atoms. The molecule has 2 aromatic heterocycles. The number of fused-ring (bicyclic) bond motifs is 1. The van der Waals surface area contributed by atoms with Crippen molar-refractivity contribution in [1.29, 1.82) is 0 Å². The molecule has 0 atom stereocenters. The Morgan fingerprint density at radius 2 is 1.64 bits per heavy atom. The van der Waals surface area contributed by atoms with Crippen molar-refractivity contribution in [2.75, 3.05) is 5.32 Å². The molecule has 0 spiro atoms. The monoisotopic (exact) mass is 468 g/mol. The number of carbonyl (C=O) groups excluding carboxylic acids is 1. The number of benzene rings is 2. The predicted octanol–water partition coefficient (Wildman–Crippen LogP) is 5.67. The van der Waals surface area contributed by atoms with Gasteiger partial charge in [0.15, 0.2) is 5.82 Å². The molecular formula is C21H14F6N4O2. The summed E-state index contributed by atoms with van der Waals surface area (Å²) in [5.74, 6) is -0.647. The van der Waals surface area contributed by atoms with E-state index in [0.29, 0.717) is 11.3 Å². The van der Waals surface area contributed by atoms with Crippen LogP contribution < -0.4 is 5.32 Å². The molecule has 172 valence electrons. The molecule has 0 radical (unpaired) electrons. The third-order valence-corrected chi connectivity index (χ3v) is 4.92. The maximum atomic E-state index is 13.3. The van der Waals surface area contributed by atoms with Crippen molar-refractivity contribution in [1.82, 2.24) is 14.9 Å². The van der Waals surface area contributed by atoms with Gasteiger partial charge in [-0.15, -0.1) is 0 Å². The Balaban J connectivity index is 1.74. The number of nitrogens with one attached hydrogen (secondary N) is 1. The minimum absolute atomic E-state index is 0.0174. The third-order valence-electron chi connectivity index (χ3n) is 4.92. The molecule has 4 aromatic rings. The van der Waals surface area contributed by atoms with Crippen molar-refractivity contribution >= 4 is 22.6 Å². The highest BCUT2D eigenvalue weighted by atomic mass is 19.4. The van der Waals surface area contributed by atoms with Gasteiger partial charge in [-0.3, -0.25) is 9.48 Å². The van der Waals surface area contributed by atoms with E-state index in [4.69, 9.17) is 4.52 Å². The first-order chi connectivity index (χ1) is 15.4. The molecule has 0 aliphatic rings. The second-order valence-corrected chi connectivity index (χ2v) is 7.20. The summed E-state index contributed by atoms with van der Waals surface area (Å²) in [5.41, 5.74) is -0.948. The van der Waals surface area contributed by atoms with E-state index < -0.39 is 29.4 Å². The van der Waals surface area contributed by atoms with E-state index in [1.165, 1.54) is 29.8 Å². The highest BCUT2D eigenvalue weighted by Gasteiger charge is 2.32. The van der Waals surface area contributed by atoms with Crippen LogP contribution in [-0.2, 0) is 18.9 Å². The van der Waals surface area contributed by atoms with Gasteiger partial charge in [0.05, 0.1) is 28.9 Å². The highest BCUT2D eigenvalue weighted by Crippen LogP contribution is 2.34. The number of aryl methyl sites for hydroxylation is 1. The molecule has 0 bridgehead atoms. The molecular weight excluding hydrogens is 454 g/mol. The third kappa shape index (κ3) is 4.54. The van der Waals surface area contributed by atoms with Crippen molar-refractivity contribution in [2.24, 2.45) is 0 Å². The fraction of sp³-hybridized carbons (Fsp3) is 0.190. The number of anilines is 1. The number of nitrogens with zero attached hydrogens (tertiary/aromatic N) is 3. The molecule has 1 N–H and O–H groups in total. The number of aromatic nitrogens is 3. The molecule has 2 heterocycles. The Morgan fingerprint density at radius 1 is 1.00 bits per heavy atom. The predicted molar refractivity (Wildman–Crippen MR) is 104 cm³/mol. The van der Waals surface area contributed by atoms with Crippen LogP contribution in [0.3, 0.4) is 0 Å². The second kappa shape index (κ2) is 7.94. The zero-order valence-electron chi connectivity index (χ0n) is 16.8. The molecule has 0 fully saturated rings. The van der Waals surface area contributed by atoms with E-state index in [9.17, 15) is 31.1 Å². The maximum absolute atomic E-state index is 13.3. The van der Waals surface area contributed by atoms with Gasteiger partial charge in [-0.25, -0.2) is 0 Å². The topological polar surface area (TPSA) is 73.0 Å². The molecule has 6 nitrogen and oxygen atoms in total. The summed E-state index contributed by atoms with van der Waals surface area (Å²) in [6, 6.07) is 7.06. The normalized spacial score (nSPS) is 12.3. The molecule has 12 heteroatoms. The number of hydrogen-bond acceptors (Lipinski definition) is 4. The average Bonchev–Trinajstić information content (AvgIpc) is 3.30. The maximum Gasteiger partial charge on any atom is 0.416 e. The van der Waals surface area contributed by atoms with E-state index in [1.807, 2.05) is 0 Å². The van der Waals surface area contributed by atoms with Gasteiger partial charge in [0.1, 0.15) is 11.8 Å². The first-order valence-electron chi connectivity index (χ1n) is 9.39. The fourth-order valence-corrected chi connectivity index (χ4v) is 3.22. The van der Waals surface area contributed by atoms with Gasteiger partial charge in [-0.05, 0) is 42.8 Å². The summed E-state index contributed by atoms with van der Waals surface area (Å²) in [6.07, 6.45) is -8.02. The Hall–Kier alpha value is -3.83. The Morgan fingerprint density at radius 3 is 2.21 bits per heavy atom. The summed E-state index contributed by atoms with van der Waals surface area (Å²) in [5, 5.41) is 10.5. The molecule has 0 saturated heterocycles. The summed E-state index contributed by atoms with van der Waals surface area (Å²) in [7, 11) is 0. The van der Waals surface area contributed by atoms with Crippen LogP contribution in [0.5, 0.6) is 0 Å². The molecule has 0 saturated carbocycles. The van der Waals surface area contributed by atoms with Crippen LogP contribution in [0, 0.1) is 6.92 Å². The van der Waals surface area contributed by atoms with E-state index in [-0.39, 0.29) is 28.8 Å². The summed E-state index contributed by atoms with van der Waals surface area (Å²) in [6.45, 7) is 1.41. The van der Waals surface area contributed by atoms with E-state index >= 15 is 0 Å². The molecule has 4 rings (SSSR count). The lowest BCUT2D eigenvalue weighted by atomic mass is 10.1. The molecule has 2 aromatic carbocycles. The number of halogens is 6. The standard InChI is InChI=1S/C21H14F6N4O2/c1-11-16(10-33-30-11)19(32)28-18-15-7-6-14(21(25,26)27)8-17(15)31(29-18)9-12-2-4-13(5-3-12)20(22,23)24/h2-8,10H,9H2,1H3,(H,28,29,32). The minimum Gasteiger partial charge on any atom is -0.364 e. The number of hydrogen-bond donors (Lipinski definition) is 1. The molecule has 0 aliphatic heterocycles. The fourth-order valence-electron chi connectivity index (χ4n) is 3.22. The van der Waals surface area contributed by atoms with Crippen LogP contribution in [0.15, 0.2) is 53.3 Å². The Kier molecular flexibility index (Phi) is 5.38. The van der Waals surface area contributed by atoms with Gasteiger partial charge in [-0.1, -0.05) is 17.3 Å². The lowest BCUT2D eigenvalue weighted by Gasteiger charge is -2.09. The quantitative estimate of drug-likeness (QED) is 0.392. The minimum atomic E-state index is -4.62. The van der Waals surface area contributed by atoms with Crippen LogP contribution in [0.4, 0.5) is 32.2 Å². The highest BCUT2D eigenvalue weighted by molar-refractivity contribution is 6.08. The van der Waals surface area contributed by atoms with Crippen LogP contribution >= 0.6 is 0 Å². The van der Waals surface area contributed by atoms with Gasteiger partial charge < -0.3 is 9.84 Å². The summed E-state index contributed by atoms with van der Waals surface area (Å²) in [4.78, 5) is 12.5. The van der Waals surface area contributed by atoms with E-state index in [1.54, 1.807) is 0 Å². The van der Waals surface area contributed by atoms with Gasteiger partial charge in [0.2, 0.25) is 0 Å². The van der Waals surface area contributed by atoms with E-state index in [0.717, 1.165) is 30.5 Å². The Labute approximate surface area is 181 Å².